The molecule has 27 heavy (non-hydrogen) atoms. The number of hydrogen-bond donors (Lipinski definition) is 1. The Morgan fingerprint density at radius 1 is 1.19 bits per heavy atom. The van der Waals surface area contributed by atoms with Gasteiger partial charge in [0.1, 0.15) is 18.5 Å². The Hall–Kier alpha value is -3.13. The van der Waals surface area contributed by atoms with Gasteiger partial charge >= 0.3 is 0 Å². The monoisotopic (exact) mass is 368 g/mol. The van der Waals surface area contributed by atoms with E-state index in [2.05, 4.69) is 15.2 Å². The van der Waals surface area contributed by atoms with Crippen LogP contribution in [-0.4, -0.2) is 56.5 Å². The fourth-order valence-electron chi connectivity index (χ4n) is 2.94. The number of carbonyl (C=O) groups excluding carboxylic acids is 1. The quantitative estimate of drug-likeness (QED) is 0.756. The third-order valence-electron chi connectivity index (χ3n) is 4.40. The lowest BCUT2D eigenvalue weighted by molar-refractivity contribution is 0.0758. The largest absolute Gasteiger partial charge is 0.448 e. The summed E-state index contributed by atoms with van der Waals surface area (Å²) < 4.78 is 18.7. The average Bonchev–Trinajstić information content (AvgIpc) is 3.29. The van der Waals surface area contributed by atoms with Crippen molar-refractivity contribution in [1.82, 2.24) is 20.1 Å². The molecule has 0 saturated carbocycles. The standard InChI is InChI=1S/C19H17FN4O3/c20-14-9-24(10-17(14)25)19(26)16-11-27-18(21-16)8-13-6-7-15(23-22-13)12-4-2-1-3-5-12/h1-7,11,14,17,25H,8-10H2/t14-,17-/m1/s1. The number of aliphatic hydroxyl groups is 1. The van der Waals surface area contributed by atoms with Crippen LogP contribution in [0.4, 0.5) is 4.39 Å². The second-order valence-corrected chi connectivity index (χ2v) is 6.37. The fourth-order valence-corrected chi connectivity index (χ4v) is 2.94. The molecule has 3 aromatic rings. The molecular weight excluding hydrogens is 351 g/mol. The van der Waals surface area contributed by atoms with Gasteiger partial charge in [0, 0.05) is 5.56 Å². The van der Waals surface area contributed by atoms with Crippen molar-refractivity contribution in [3.05, 3.63) is 66.0 Å². The molecule has 0 unspecified atom stereocenters. The number of hydrogen-bond acceptors (Lipinski definition) is 6. The van der Waals surface area contributed by atoms with E-state index in [1.807, 2.05) is 42.5 Å². The summed E-state index contributed by atoms with van der Waals surface area (Å²) in [6.45, 7) is -0.191. The van der Waals surface area contributed by atoms with Gasteiger partial charge in [-0.05, 0) is 12.1 Å². The van der Waals surface area contributed by atoms with Crippen LogP contribution in [0.15, 0.2) is 53.1 Å². The molecule has 2 atom stereocenters. The maximum absolute atomic E-state index is 13.4. The van der Waals surface area contributed by atoms with E-state index in [1.165, 1.54) is 11.2 Å². The van der Waals surface area contributed by atoms with Crippen molar-refractivity contribution in [1.29, 1.82) is 0 Å². The summed E-state index contributed by atoms with van der Waals surface area (Å²) in [5.74, 6) is -0.147. The smallest absolute Gasteiger partial charge is 0.276 e. The molecule has 1 aliphatic heterocycles. The topological polar surface area (TPSA) is 92.3 Å². The van der Waals surface area contributed by atoms with Gasteiger partial charge in [0.2, 0.25) is 5.89 Å². The summed E-state index contributed by atoms with van der Waals surface area (Å²) in [6, 6.07) is 13.4. The zero-order valence-electron chi connectivity index (χ0n) is 14.3. The third kappa shape index (κ3) is 3.70. The summed E-state index contributed by atoms with van der Waals surface area (Å²) in [4.78, 5) is 17.7. The Morgan fingerprint density at radius 2 is 2.00 bits per heavy atom. The maximum atomic E-state index is 13.4. The van der Waals surface area contributed by atoms with Crippen molar-refractivity contribution < 1.29 is 18.7 Å². The number of likely N-dealkylation sites (tertiary alicyclic amines) is 1. The molecule has 0 spiro atoms. The second kappa shape index (κ2) is 7.24. The van der Waals surface area contributed by atoms with Crippen molar-refractivity contribution in [2.75, 3.05) is 13.1 Å². The van der Waals surface area contributed by atoms with Crippen LogP contribution in [0.2, 0.25) is 0 Å². The van der Waals surface area contributed by atoms with Gasteiger partial charge in [-0.3, -0.25) is 4.79 Å². The van der Waals surface area contributed by atoms with Crippen molar-refractivity contribution in [3.8, 4) is 11.3 Å². The molecule has 1 aromatic carbocycles. The zero-order valence-corrected chi connectivity index (χ0v) is 14.3. The zero-order chi connectivity index (χ0) is 18.8. The molecule has 2 aromatic heterocycles. The van der Waals surface area contributed by atoms with Crippen LogP contribution in [0.1, 0.15) is 22.1 Å². The molecule has 1 N–H and O–H groups in total. The number of alkyl halides is 1. The minimum Gasteiger partial charge on any atom is -0.448 e. The number of aromatic nitrogens is 3. The van der Waals surface area contributed by atoms with E-state index in [4.69, 9.17) is 4.42 Å². The predicted octanol–water partition coefficient (Wildman–Crippen LogP) is 1.88. The van der Waals surface area contributed by atoms with Crippen LogP contribution in [0.3, 0.4) is 0 Å². The first-order valence-electron chi connectivity index (χ1n) is 8.54. The van der Waals surface area contributed by atoms with Gasteiger partial charge in [-0.1, -0.05) is 30.3 Å². The number of rotatable bonds is 4. The number of aliphatic hydroxyl groups excluding tert-OH is 1. The number of β-amino-alcohol motifs (C(OH)–C–C–N with tert-alkyl or cyclic N) is 1. The summed E-state index contributed by atoms with van der Waals surface area (Å²) in [7, 11) is 0. The summed E-state index contributed by atoms with van der Waals surface area (Å²) in [6.07, 6.45) is -1.07. The van der Waals surface area contributed by atoms with Gasteiger partial charge in [0.25, 0.3) is 5.91 Å². The van der Waals surface area contributed by atoms with Gasteiger partial charge in [0.05, 0.1) is 30.9 Å². The third-order valence-corrected chi connectivity index (χ3v) is 4.40. The van der Waals surface area contributed by atoms with Gasteiger partial charge in [-0.15, -0.1) is 0 Å². The minimum absolute atomic E-state index is 0.0470. The summed E-state index contributed by atoms with van der Waals surface area (Å²) >= 11 is 0. The van der Waals surface area contributed by atoms with E-state index in [-0.39, 0.29) is 25.2 Å². The first-order chi connectivity index (χ1) is 13.1. The van der Waals surface area contributed by atoms with E-state index in [0.717, 1.165) is 11.3 Å². The van der Waals surface area contributed by atoms with Gasteiger partial charge in [-0.2, -0.15) is 10.2 Å². The number of oxazole rings is 1. The molecule has 1 aliphatic rings. The summed E-state index contributed by atoms with van der Waals surface area (Å²) in [5.41, 5.74) is 2.46. The van der Waals surface area contributed by atoms with Gasteiger partial charge in [0.15, 0.2) is 5.69 Å². The Bertz CT molecular complexity index is 920. The molecular formula is C19H17FN4O3. The number of benzene rings is 1. The van der Waals surface area contributed by atoms with Gasteiger partial charge in [-0.25, -0.2) is 9.37 Å². The fraction of sp³-hybridized carbons (Fsp3) is 0.263. The Morgan fingerprint density at radius 3 is 2.67 bits per heavy atom. The van der Waals surface area contributed by atoms with E-state index in [1.54, 1.807) is 0 Å². The molecule has 4 rings (SSSR count). The number of nitrogens with zero attached hydrogens (tertiary/aromatic N) is 4. The highest BCUT2D eigenvalue weighted by molar-refractivity contribution is 5.92. The molecule has 7 nitrogen and oxygen atoms in total. The first kappa shape index (κ1) is 17.3. The minimum atomic E-state index is -1.43. The maximum Gasteiger partial charge on any atom is 0.276 e. The molecule has 0 aliphatic carbocycles. The highest BCUT2D eigenvalue weighted by atomic mass is 19.1. The number of amides is 1. The van der Waals surface area contributed by atoms with Crippen LogP contribution in [0, 0.1) is 0 Å². The molecule has 3 heterocycles. The van der Waals surface area contributed by atoms with Crippen molar-refractivity contribution >= 4 is 5.91 Å². The van der Waals surface area contributed by atoms with Crippen LogP contribution in [0.25, 0.3) is 11.3 Å². The lowest BCUT2D eigenvalue weighted by atomic mass is 10.1. The van der Waals surface area contributed by atoms with Crippen LogP contribution in [0.5, 0.6) is 0 Å². The number of halogens is 1. The molecule has 0 bridgehead atoms. The van der Waals surface area contributed by atoms with Gasteiger partial charge < -0.3 is 14.4 Å². The molecule has 1 saturated heterocycles. The average molecular weight is 368 g/mol. The molecule has 0 radical (unpaired) electrons. The molecule has 1 amide bonds. The SMILES string of the molecule is O=C(c1coc(Cc2ccc(-c3ccccc3)nn2)n1)N1C[C@@H](O)[C@H](F)C1. The van der Waals surface area contributed by atoms with E-state index in [0.29, 0.717) is 11.6 Å². The van der Waals surface area contributed by atoms with Crippen LogP contribution < -0.4 is 0 Å². The lowest BCUT2D eigenvalue weighted by Crippen LogP contribution is -2.29. The molecule has 8 heteroatoms. The molecule has 138 valence electrons. The Balaban J connectivity index is 1.43. The van der Waals surface area contributed by atoms with Crippen LogP contribution >= 0.6 is 0 Å². The Kier molecular flexibility index (Phi) is 4.64. The van der Waals surface area contributed by atoms with E-state index in [9.17, 15) is 14.3 Å². The first-order valence-corrected chi connectivity index (χ1v) is 8.54. The van der Waals surface area contributed by atoms with E-state index >= 15 is 0 Å². The molecule has 1 fully saturated rings. The second-order valence-electron chi connectivity index (χ2n) is 6.37. The normalized spacial score (nSPS) is 19.4. The number of carbonyl (C=O) groups is 1. The van der Waals surface area contributed by atoms with E-state index < -0.39 is 18.2 Å². The highest BCUT2D eigenvalue weighted by Crippen LogP contribution is 2.18. The lowest BCUT2D eigenvalue weighted by Gasteiger charge is -2.12. The Labute approximate surface area is 154 Å². The van der Waals surface area contributed by atoms with Crippen LogP contribution in [-0.2, 0) is 6.42 Å². The highest BCUT2D eigenvalue weighted by Gasteiger charge is 2.35. The van der Waals surface area contributed by atoms with Crippen molar-refractivity contribution in [3.63, 3.8) is 0 Å². The summed E-state index contributed by atoms with van der Waals surface area (Å²) in [5, 5.41) is 17.8. The van der Waals surface area contributed by atoms with Crippen molar-refractivity contribution in [2.45, 2.75) is 18.7 Å². The van der Waals surface area contributed by atoms with Crippen molar-refractivity contribution in [2.24, 2.45) is 0 Å². The predicted molar refractivity (Wildman–Crippen MR) is 93.6 cm³/mol.